The molecule has 0 aliphatic heterocycles. The van der Waals surface area contributed by atoms with E-state index in [1.54, 1.807) is 0 Å². The molecule has 15 heavy (non-hydrogen) atoms. The predicted molar refractivity (Wildman–Crippen MR) is 68.0 cm³/mol. The lowest BCUT2D eigenvalue weighted by Crippen LogP contribution is -2.34. The molecule has 0 saturated heterocycles. The minimum Gasteiger partial charge on any atom is -0.314 e. The van der Waals surface area contributed by atoms with Gasteiger partial charge in [0.15, 0.2) is 0 Å². The van der Waals surface area contributed by atoms with Crippen LogP contribution in [-0.4, -0.2) is 12.6 Å². The molecule has 0 aromatic carbocycles. The van der Waals surface area contributed by atoms with Gasteiger partial charge in [0.1, 0.15) is 0 Å². The second-order valence-corrected chi connectivity index (χ2v) is 5.24. The quantitative estimate of drug-likeness (QED) is 0.704. The second kappa shape index (κ2) is 6.52. The van der Waals surface area contributed by atoms with Gasteiger partial charge in [-0.3, -0.25) is 0 Å². The molecule has 1 nitrogen and oxygen atoms in total. The molecule has 1 rings (SSSR count). The third kappa shape index (κ3) is 3.21. The van der Waals surface area contributed by atoms with Crippen LogP contribution in [0.25, 0.3) is 0 Å². The average Bonchev–Trinajstić information content (AvgIpc) is 2.60. The van der Waals surface area contributed by atoms with E-state index in [4.69, 9.17) is 0 Å². The molecule has 1 fully saturated rings. The zero-order chi connectivity index (χ0) is 11.3. The number of hydrogen-bond donors (Lipinski definition) is 1. The third-order valence-electron chi connectivity index (χ3n) is 4.43. The first-order chi connectivity index (χ1) is 7.24. The monoisotopic (exact) mass is 211 g/mol. The summed E-state index contributed by atoms with van der Waals surface area (Å²) < 4.78 is 0. The Bertz CT molecular complexity index is 163. The zero-order valence-corrected chi connectivity index (χ0v) is 11.1. The molecule has 0 heterocycles. The molecule has 3 unspecified atom stereocenters. The molecule has 0 amide bonds. The van der Waals surface area contributed by atoms with Crippen LogP contribution in [0.5, 0.6) is 0 Å². The van der Waals surface area contributed by atoms with Gasteiger partial charge in [-0.2, -0.15) is 0 Å². The molecule has 0 aromatic rings. The summed E-state index contributed by atoms with van der Waals surface area (Å²) in [5, 5.41) is 3.71. The Morgan fingerprint density at radius 2 is 1.80 bits per heavy atom. The Labute approximate surface area is 96.0 Å². The van der Waals surface area contributed by atoms with Crippen LogP contribution in [-0.2, 0) is 0 Å². The molecule has 3 atom stereocenters. The molecule has 1 aliphatic rings. The largest absolute Gasteiger partial charge is 0.314 e. The van der Waals surface area contributed by atoms with E-state index in [2.05, 4.69) is 33.0 Å². The van der Waals surface area contributed by atoms with Crippen molar-refractivity contribution in [3.8, 4) is 0 Å². The van der Waals surface area contributed by atoms with Gasteiger partial charge in [-0.15, -0.1) is 0 Å². The van der Waals surface area contributed by atoms with E-state index in [1.807, 2.05) is 0 Å². The number of hydrogen-bond acceptors (Lipinski definition) is 1. The first-order valence-electron chi connectivity index (χ1n) is 6.97. The summed E-state index contributed by atoms with van der Waals surface area (Å²) in [6.45, 7) is 10.6. The summed E-state index contributed by atoms with van der Waals surface area (Å²) in [6.07, 6.45) is 6.86. The van der Waals surface area contributed by atoms with E-state index < -0.39 is 0 Å². The molecular weight excluding hydrogens is 182 g/mol. The predicted octanol–water partition coefficient (Wildman–Crippen LogP) is 3.84. The Hall–Kier alpha value is -0.0400. The van der Waals surface area contributed by atoms with Gasteiger partial charge in [-0.05, 0) is 43.6 Å². The van der Waals surface area contributed by atoms with Crippen molar-refractivity contribution < 1.29 is 0 Å². The molecule has 1 aliphatic carbocycles. The lowest BCUT2D eigenvalue weighted by molar-refractivity contribution is 0.241. The summed E-state index contributed by atoms with van der Waals surface area (Å²) in [7, 11) is 0. The van der Waals surface area contributed by atoms with Crippen LogP contribution < -0.4 is 5.32 Å². The van der Waals surface area contributed by atoms with E-state index in [0.717, 1.165) is 23.8 Å². The van der Waals surface area contributed by atoms with E-state index >= 15 is 0 Å². The normalized spacial score (nSPS) is 31.4. The van der Waals surface area contributed by atoms with Crippen LogP contribution in [0.4, 0.5) is 0 Å². The van der Waals surface area contributed by atoms with E-state index in [9.17, 15) is 0 Å². The molecule has 0 aromatic heterocycles. The highest BCUT2D eigenvalue weighted by atomic mass is 14.9. The van der Waals surface area contributed by atoms with E-state index in [-0.39, 0.29) is 0 Å². The van der Waals surface area contributed by atoms with Crippen LogP contribution >= 0.6 is 0 Å². The van der Waals surface area contributed by atoms with Crippen LogP contribution in [0.15, 0.2) is 0 Å². The van der Waals surface area contributed by atoms with Gasteiger partial charge in [-0.1, -0.05) is 40.5 Å². The smallest absolute Gasteiger partial charge is 0.00955 e. The maximum Gasteiger partial charge on any atom is 0.00955 e. The van der Waals surface area contributed by atoms with Crippen molar-refractivity contribution in [3.05, 3.63) is 0 Å². The molecule has 0 spiro atoms. The minimum absolute atomic E-state index is 0.801. The van der Waals surface area contributed by atoms with Crippen LogP contribution in [0.2, 0.25) is 0 Å². The Balaban J connectivity index is 2.43. The first kappa shape index (κ1) is 13.0. The zero-order valence-electron chi connectivity index (χ0n) is 11.1. The van der Waals surface area contributed by atoms with Gasteiger partial charge < -0.3 is 5.32 Å². The van der Waals surface area contributed by atoms with Crippen molar-refractivity contribution in [1.29, 1.82) is 0 Å². The van der Waals surface area contributed by atoms with Gasteiger partial charge in [0.25, 0.3) is 0 Å². The standard InChI is InChI=1S/C14H29N/c1-5-10-15-14-9-8-13(11(14)4)12(6-2)7-3/h11-15H,5-10H2,1-4H3. The Morgan fingerprint density at radius 1 is 1.13 bits per heavy atom. The summed E-state index contributed by atoms with van der Waals surface area (Å²) >= 11 is 0. The van der Waals surface area contributed by atoms with Crippen molar-refractivity contribution in [2.75, 3.05) is 6.54 Å². The highest BCUT2D eigenvalue weighted by Crippen LogP contribution is 2.39. The molecule has 1 saturated carbocycles. The second-order valence-electron chi connectivity index (χ2n) is 5.24. The molecule has 90 valence electrons. The maximum atomic E-state index is 3.71. The van der Waals surface area contributed by atoms with Gasteiger partial charge in [0.05, 0.1) is 0 Å². The van der Waals surface area contributed by atoms with E-state index in [1.165, 1.54) is 38.6 Å². The van der Waals surface area contributed by atoms with Gasteiger partial charge in [-0.25, -0.2) is 0 Å². The van der Waals surface area contributed by atoms with Crippen LogP contribution in [0.1, 0.15) is 59.8 Å². The molecule has 0 bridgehead atoms. The number of nitrogens with one attached hydrogen (secondary N) is 1. The van der Waals surface area contributed by atoms with Crippen molar-refractivity contribution >= 4 is 0 Å². The summed E-state index contributed by atoms with van der Waals surface area (Å²) in [5.41, 5.74) is 0. The fraction of sp³-hybridized carbons (Fsp3) is 1.00. The SMILES string of the molecule is CCCNC1CCC(C(CC)CC)C1C. The highest BCUT2D eigenvalue weighted by Gasteiger charge is 2.35. The fourth-order valence-electron chi connectivity index (χ4n) is 3.37. The van der Waals surface area contributed by atoms with Crippen LogP contribution in [0.3, 0.4) is 0 Å². The third-order valence-corrected chi connectivity index (χ3v) is 4.43. The van der Waals surface area contributed by atoms with Gasteiger partial charge in [0.2, 0.25) is 0 Å². The van der Waals surface area contributed by atoms with E-state index in [0.29, 0.717) is 0 Å². The van der Waals surface area contributed by atoms with Crippen molar-refractivity contribution in [2.24, 2.45) is 17.8 Å². The van der Waals surface area contributed by atoms with Gasteiger partial charge in [0, 0.05) is 6.04 Å². The van der Waals surface area contributed by atoms with Gasteiger partial charge >= 0.3 is 0 Å². The lowest BCUT2D eigenvalue weighted by atomic mass is 9.81. The van der Waals surface area contributed by atoms with Crippen molar-refractivity contribution in [2.45, 2.75) is 65.8 Å². The molecular formula is C14H29N. The first-order valence-corrected chi connectivity index (χ1v) is 6.97. The Kier molecular flexibility index (Phi) is 5.66. The molecule has 1 N–H and O–H groups in total. The lowest BCUT2D eigenvalue weighted by Gasteiger charge is -2.27. The summed E-state index contributed by atoms with van der Waals surface area (Å²) in [4.78, 5) is 0. The van der Waals surface area contributed by atoms with Crippen molar-refractivity contribution in [1.82, 2.24) is 5.32 Å². The topological polar surface area (TPSA) is 12.0 Å². The Morgan fingerprint density at radius 3 is 2.33 bits per heavy atom. The minimum atomic E-state index is 0.801. The highest BCUT2D eigenvalue weighted by molar-refractivity contribution is 4.89. The maximum absolute atomic E-state index is 3.71. The van der Waals surface area contributed by atoms with Crippen molar-refractivity contribution in [3.63, 3.8) is 0 Å². The fourth-order valence-corrected chi connectivity index (χ4v) is 3.37. The van der Waals surface area contributed by atoms with Crippen LogP contribution in [0, 0.1) is 17.8 Å². The number of rotatable bonds is 6. The molecule has 1 heteroatoms. The summed E-state index contributed by atoms with van der Waals surface area (Å²) in [6, 6.07) is 0.801. The summed E-state index contributed by atoms with van der Waals surface area (Å²) in [5.74, 6) is 2.84. The molecule has 0 radical (unpaired) electrons. The average molecular weight is 211 g/mol.